The van der Waals surface area contributed by atoms with Crippen LogP contribution < -0.4 is 15.5 Å². The van der Waals surface area contributed by atoms with Crippen LogP contribution in [0.3, 0.4) is 0 Å². The van der Waals surface area contributed by atoms with Crippen LogP contribution in [0.5, 0.6) is 0 Å². The summed E-state index contributed by atoms with van der Waals surface area (Å²) in [4.78, 5) is 30.7. The van der Waals surface area contributed by atoms with E-state index in [0.29, 0.717) is 16.8 Å². The third kappa shape index (κ3) is 5.05. The van der Waals surface area contributed by atoms with Crippen LogP contribution in [0.15, 0.2) is 42.7 Å². The normalized spacial score (nSPS) is 10.5. The molecule has 0 spiro atoms. The maximum Gasteiger partial charge on any atom is 0.257 e. The van der Waals surface area contributed by atoms with Crippen molar-refractivity contribution in [1.29, 1.82) is 0 Å². The van der Waals surface area contributed by atoms with Gasteiger partial charge in [0.15, 0.2) is 0 Å². The molecule has 2 rings (SSSR count). The summed E-state index contributed by atoms with van der Waals surface area (Å²) < 4.78 is 0. The maximum absolute atomic E-state index is 12.4. The summed E-state index contributed by atoms with van der Waals surface area (Å²) >= 11 is 0. The van der Waals surface area contributed by atoms with Crippen LogP contribution in [0, 0.1) is 0 Å². The second-order valence-electron chi connectivity index (χ2n) is 6.26. The van der Waals surface area contributed by atoms with E-state index in [0.717, 1.165) is 18.8 Å². The SMILES string of the molecule is CCN(CC)c1ccc(NC(=O)c2cncc(C(=O)NC(C)C)c2)cc1. The molecule has 6 heteroatoms. The van der Waals surface area contributed by atoms with E-state index in [-0.39, 0.29) is 17.9 Å². The standard InChI is InChI=1S/C20H26N4O2/c1-5-24(6-2)18-9-7-17(8-10-18)23-20(26)16-11-15(12-21-13-16)19(25)22-14(3)4/h7-14H,5-6H2,1-4H3,(H,22,25)(H,23,26). The van der Waals surface area contributed by atoms with Crippen LogP contribution in [0.4, 0.5) is 11.4 Å². The minimum absolute atomic E-state index is 0.0179. The fraction of sp³-hybridized carbons (Fsp3) is 0.350. The first-order chi connectivity index (χ1) is 12.4. The number of aromatic nitrogens is 1. The first kappa shape index (κ1) is 19.4. The predicted molar refractivity (Wildman–Crippen MR) is 105 cm³/mol. The highest BCUT2D eigenvalue weighted by Gasteiger charge is 2.12. The first-order valence-electron chi connectivity index (χ1n) is 8.86. The van der Waals surface area contributed by atoms with Crippen molar-refractivity contribution >= 4 is 23.2 Å². The Hall–Kier alpha value is -2.89. The minimum Gasteiger partial charge on any atom is -0.372 e. The van der Waals surface area contributed by atoms with E-state index in [4.69, 9.17) is 0 Å². The molecule has 0 bridgehead atoms. The summed E-state index contributed by atoms with van der Waals surface area (Å²) in [6.07, 6.45) is 2.90. The number of benzene rings is 1. The topological polar surface area (TPSA) is 74.3 Å². The molecule has 26 heavy (non-hydrogen) atoms. The Labute approximate surface area is 154 Å². The Morgan fingerprint density at radius 3 is 2.12 bits per heavy atom. The van der Waals surface area contributed by atoms with Gasteiger partial charge >= 0.3 is 0 Å². The second kappa shape index (κ2) is 8.99. The molecule has 0 fully saturated rings. The number of hydrogen-bond donors (Lipinski definition) is 2. The van der Waals surface area contributed by atoms with Crippen molar-refractivity contribution in [1.82, 2.24) is 10.3 Å². The number of pyridine rings is 1. The van der Waals surface area contributed by atoms with Crippen LogP contribution in [0.1, 0.15) is 48.4 Å². The summed E-state index contributed by atoms with van der Waals surface area (Å²) in [5.74, 6) is -0.544. The number of nitrogens with one attached hydrogen (secondary N) is 2. The Bertz CT molecular complexity index is 753. The molecule has 1 heterocycles. The molecule has 138 valence electrons. The highest BCUT2D eigenvalue weighted by Crippen LogP contribution is 2.18. The van der Waals surface area contributed by atoms with Gasteiger partial charge < -0.3 is 15.5 Å². The van der Waals surface area contributed by atoms with Gasteiger partial charge in [-0.3, -0.25) is 14.6 Å². The van der Waals surface area contributed by atoms with Crippen LogP contribution in [0.2, 0.25) is 0 Å². The number of rotatable bonds is 7. The van der Waals surface area contributed by atoms with E-state index in [1.807, 2.05) is 38.1 Å². The fourth-order valence-electron chi connectivity index (χ4n) is 2.58. The zero-order valence-corrected chi connectivity index (χ0v) is 15.7. The summed E-state index contributed by atoms with van der Waals surface area (Å²) in [6, 6.07) is 9.26. The van der Waals surface area contributed by atoms with Gasteiger partial charge in [-0.05, 0) is 58.0 Å². The monoisotopic (exact) mass is 354 g/mol. The zero-order chi connectivity index (χ0) is 19.1. The summed E-state index contributed by atoms with van der Waals surface area (Å²) in [5.41, 5.74) is 2.52. The molecule has 0 atom stereocenters. The lowest BCUT2D eigenvalue weighted by molar-refractivity contribution is 0.0942. The molecule has 2 aromatic rings. The van der Waals surface area contributed by atoms with Gasteiger partial charge in [-0.2, -0.15) is 0 Å². The predicted octanol–water partition coefficient (Wildman–Crippen LogP) is 3.32. The first-order valence-corrected chi connectivity index (χ1v) is 8.86. The average Bonchev–Trinajstić information content (AvgIpc) is 2.63. The second-order valence-corrected chi connectivity index (χ2v) is 6.26. The Balaban J connectivity index is 2.09. The lowest BCUT2D eigenvalue weighted by Crippen LogP contribution is -2.30. The molecule has 0 saturated heterocycles. The molecule has 0 aliphatic rings. The summed E-state index contributed by atoms with van der Waals surface area (Å²) in [6.45, 7) is 9.83. The van der Waals surface area contributed by atoms with Gasteiger partial charge in [-0.25, -0.2) is 0 Å². The van der Waals surface area contributed by atoms with Gasteiger partial charge in [0.25, 0.3) is 11.8 Å². The highest BCUT2D eigenvalue weighted by atomic mass is 16.2. The van der Waals surface area contributed by atoms with E-state index < -0.39 is 0 Å². The fourth-order valence-corrected chi connectivity index (χ4v) is 2.58. The van der Waals surface area contributed by atoms with E-state index >= 15 is 0 Å². The zero-order valence-electron chi connectivity index (χ0n) is 15.7. The number of carbonyl (C=O) groups is 2. The molecule has 6 nitrogen and oxygen atoms in total. The van der Waals surface area contributed by atoms with Crippen molar-refractivity contribution in [2.24, 2.45) is 0 Å². The van der Waals surface area contributed by atoms with E-state index in [1.165, 1.54) is 12.4 Å². The van der Waals surface area contributed by atoms with Crippen molar-refractivity contribution in [3.8, 4) is 0 Å². The summed E-state index contributed by atoms with van der Waals surface area (Å²) in [5, 5.41) is 5.63. The molecular weight excluding hydrogens is 328 g/mol. The minimum atomic E-state index is -0.299. The third-order valence-corrected chi connectivity index (χ3v) is 3.94. The Morgan fingerprint density at radius 1 is 1.00 bits per heavy atom. The molecule has 0 aliphatic heterocycles. The molecule has 1 aromatic carbocycles. The quantitative estimate of drug-likeness (QED) is 0.800. The number of amides is 2. The molecule has 0 unspecified atom stereocenters. The number of hydrogen-bond acceptors (Lipinski definition) is 4. The highest BCUT2D eigenvalue weighted by molar-refractivity contribution is 6.05. The third-order valence-electron chi connectivity index (χ3n) is 3.94. The molecule has 2 N–H and O–H groups in total. The smallest absolute Gasteiger partial charge is 0.257 e. The lowest BCUT2D eigenvalue weighted by atomic mass is 10.1. The molecule has 0 radical (unpaired) electrons. The van der Waals surface area contributed by atoms with Gasteiger partial charge in [0.05, 0.1) is 11.1 Å². The lowest BCUT2D eigenvalue weighted by Gasteiger charge is -2.21. The van der Waals surface area contributed by atoms with Crippen LogP contribution in [-0.4, -0.2) is 35.9 Å². The van der Waals surface area contributed by atoms with Crippen molar-refractivity contribution in [2.75, 3.05) is 23.3 Å². The average molecular weight is 354 g/mol. The number of carbonyl (C=O) groups excluding carboxylic acids is 2. The van der Waals surface area contributed by atoms with Gasteiger partial charge in [0.1, 0.15) is 0 Å². The Morgan fingerprint density at radius 2 is 1.58 bits per heavy atom. The van der Waals surface area contributed by atoms with Gasteiger partial charge in [0, 0.05) is 42.9 Å². The van der Waals surface area contributed by atoms with Gasteiger partial charge in [-0.1, -0.05) is 0 Å². The van der Waals surface area contributed by atoms with Crippen molar-refractivity contribution in [2.45, 2.75) is 33.7 Å². The molecule has 2 amide bonds. The molecular formula is C20H26N4O2. The molecule has 0 aliphatic carbocycles. The Kier molecular flexibility index (Phi) is 6.72. The molecule has 1 aromatic heterocycles. The summed E-state index contributed by atoms with van der Waals surface area (Å²) in [7, 11) is 0. The van der Waals surface area contributed by atoms with E-state index in [9.17, 15) is 9.59 Å². The largest absolute Gasteiger partial charge is 0.372 e. The van der Waals surface area contributed by atoms with Crippen LogP contribution >= 0.6 is 0 Å². The van der Waals surface area contributed by atoms with Crippen molar-refractivity contribution < 1.29 is 9.59 Å². The van der Waals surface area contributed by atoms with Gasteiger partial charge in [0.2, 0.25) is 0 Å². The van der Waals surface area contributed by atoms with Gasteiger partial charge in [-0.15, -0.1) is 0 Å². The molecule has 0 saturated carbocycles. The van der Waals surface area contributed by atoms with Crippen molar-refractivity contribution in [3.05, 3.63) is 53.9 Å². The van der Waals surface area contributed by atoms with Crippen molar-refractivity contribution in [3.63, 3.8) is 0 Å². The van der Waals surface area contributed by atoms with Crippen LogP contribution in [-0.2, 0) is 0 Å². The number of anilines is 2. The number of nitrogens with zero attached hydrogens (tertiary/aromatic N) is 2. The maximum atomic E-state index is 12.4. The van der Waals surface area contributed by atoms with E-state index in [2.05, 4.69) is 34.4 Å². The van der Waals surface area contributed by atoms with Crippen LogP contribution in [0.25, 0.3) is 0 Å². The van der Waals surface area contributed by atoms with E-state index in [1.54, 1.807) is 6.07 Å².